The van der Waals surface area contributed by atoms with Crippen molar-refractivity contribution < 1.29 is 26.7 Å². The Morgan fingerprint density at radius 1 is 1.21 bits per heavy atom. The van der Waals surface area contributed by atoms with E-state index in [4.69, 9.17) is 0 Å². The number of rotatable bonds is 3. The van der Waals surface area contributed by atoms with Crippen LogP contribution in [0.5, 0.6) is 0 Å². The number of hydrogen-bond acceptors (Lipinski definition) is 5. The van der Waals surface area contributed by atoms with Crippen LogP contribution in [0.3, 0.4) is 0 Å². The molecule has 0 spiro atoms. The van der Waals surface area contributed by atoms with Crippen LogP contribution in [-0.2, 0) is 20.1 Å². The summed E-state index contributed by atoms with van der Waals surface area (Å²) in [6.07, 6.45) is 5.71. The first kappa shape index (κ1) is 18.2. The number of allylic oxidation sites excluding steroid dienone is 4. The van der Waals surface area contributed by atoms with Crippen molar-refractivity contribution in [3.05, 3.63) is 52.6 Å². The summed E-state index contributed by atoms with van der Waals surface area (Å²) in [5.41, 5.74) is 1.05. The lowest BCUT2D eigenvalue weighted by molar-refractivity contribution is 0.0696. The Morgan fingerprint density at radius 2 is 1.83 bits per heavy atom. The molecule has 1 unspecified atom stereocenters. The first-order valence-electron chi connectivity index (χ1n) is 6.93. The van der Waals surface area contributed by atoms with Crippen LogP contribution in [0, 0.1) is 6.92 Å². The second-order valence-corrected chi connectivity index (χ2v) is 8.51. The predicted octanol–water partition coefficient (Wildman–Crippen LogP) is 1.75. The first-order chi connectivity index (χ1) is 11.0. The van der Waals surface area contributed by atoms with Gasteiger partial charge in [0.2, 0.25) is 10.3 Å². The van der Waals surface area contributed by atoms with Crippen LogP contribution >= 0.6 is 0 Å². The van der Waals surface area contributed by atoms with Crippen molar-refractivity contribution in [3.8, 4) is 0 Å². The van der Waals surface area contributed by atoms with E-state index in [9.17, 15) is 26.7 Å². The van der Waals surface area contributed by atoms with E-state index in [0.717, 1.165) is 6.26 Å². The van der Waals surface area contributed by atoms with Gasteiger partial charge in [0.25, 0.3) is 0 Å². The minimum absolute atomic E-state index is 0.00513. The number of benzene rings is 1. The Hall–Kier alpha value is -2.19. The van der Waals surface area contributed by atoms with Gasteiger partial charge in [0.1, 0.15) is 0 Å². The summed E-state index contributed by atoms with van der Waals surface area (Å²) in [6, 6.07) is 2.44. The molecule has 0 radical (unpaired) electrons. The highest BCUT2D eigenvalue weighted by atomic mass is 32.2. The van der Waals surface area contributed by atoms with Crippen LogP contribution < -0.4 is 0 Å². The highest BCUT2D eigenvalue weighted by Gasteiger charge is 2.28. The molecule has 0 saturated carbocycles. The van der Waals surface area contributed by atoms with Gasteiger partial charge in [0.15, 0.2) is 9.84 Å². The number of carboxylic acids is 1. The van der Waals surface area contributed by atoms with Crippen molar-refractivity contribution in [3.63, 3.8) is 0 Å². The number of carboxylic acid groups (broad SMARTS) is 1. The molecule has 1 aliphatic rings. The monoisotopic (exact) mass is 368 g/mol. The molecule has 8 heteroatoms. The second kappa shape index (κ2) is 6.37. The fourth-order valence-electron chi connectivity index (χ4n) is 2.74. The Balaban J connectivity index is 2.91. The first-order valence-corrected chi connectivity index (χ1v) is 9.90. The minimum atomic E-state index is -3.67. The molecule has 0 amide bonds. The zero-order valence-electron chi connectivity index (χ0n) is 13.3. The molecule has 1 aromatic carbocycles. The molecular weight excluding hydrogens is 352 g/mol. The summed E-state index contributed by atoms with van der Waals surface area (Å²) < 4.78 is 47.4. The third kappa shape index (κ3) is 3.34. The normalized spacial score (nSPS) is 17.5. The maximum atomic E-state index is 12.1. The lowest BCUT2D eigenvalue weighted by atomic mass is 9.86. The van der Waals surface area contributed by atoms with E-state index < -0.39 is 32.0 Å². The smallest absolute Gasteiger partial charge is 0.335 e. The number of hydrogen-bond donors (Lipinski definition) is 1. The molecule has 0 saturated heterocycles. The van der Waals surface area contributed by atoms with Crippen LogP contribution in [0.2, 0.25) is 0 Å². The Bertz CT molecular complexity index is 1020. The van der Waals surface area contributed by atoms with Crippen molar-refractivity contribution in [1.29, 1.82) is 0 Å². The van der Waals surface area contributed by atoms with Crippen LogP contribution in [0.15, 0.2) is 40.8 Å². The molecule has 0 aromatic heterocycles. The molecule has 0 aliphatic heterocycles. The lowest BCUT2D eigenvalue weighted by Crippen LogP contribution is -2.19. The van der Waals surface area contributed by atoms with Crippen LogP contribution in [0.1, 0.15) is 34.3 Å². The van der Waals surface area contributed by atoms with Gasteiger partial charge in [0, 0.05) is 12.2 Å². The van der Waals surface area contributed by atoms with Gasteiger partial charge < -0.3 is 5.11 Å². The van der Waals surface area contributed by atoms with Crippen LogP contribution in [0.25, 0.3) is 0 Å². The maximum Gasteiger partial charge on any atom is 0.335 e. The van der Waals surface area contributed by atoms with Crippen LogP contribution in [0.4, 0.5) is 0 Å². The maximum absolute atomic E-state index is 12.1. The lowest BCUT2D eigenvalue weighted by Gasteiger charge is -2.22. The van der Waals surface area contributed by atoms with Gasteiger partial charge in [0.05, 0.1) is 15.3 Å². The van der Waals surface area contributed by atoms with Crippen LogP contribution in [-0.4, -0.2) is 39.0 Å². The van der Waals surface area contributed by atoms with Crippen molar-refractivity contribution in [1.82, 2.24) is 0 Å². The third-order valence-corrected chi connectivity index (χ3v) is 5.75. The molecular formula is C16H16O6S2. The topological polar surface area (TPSA) is 106 Å². The number of carbonyl (C=O) groups is 1. The molecule has 1 aliphatic carbocycles. The third-order valence-electron chi connectivity index (χ3n) is 3.84. The van der Waals surface area contributed by atoms with E-state index in [2.05, 4.69) is 0 Å². The predicted molar refractivity (Wildman–Crippen MR) is 90.8 cm³/mol. The van der Waals surface area contributed by atoms with E-state index in [1.165, 1.54) is 25.1 Å². The largest absolute Gasteiger partial charge is 0.478 e. The van der Waals surface area contributed by atoms with E-state index in [0.29, 0.717) is 5.57 Å². The molecule has 1 N–H and O–H groups in total. The molecule has 0 fully saturated rings. The van der Waals surface area contributed by atoms with E-state index in [1.54, 1.807) is 19.1 Å². The van der Waals surface area contributed by atoms with Crippen molar-refractivity contribution in [2.45, 2.75) is 24.7 Å². The summed E-state index contributed by atoms with van der Waals surface area (Å²) in [6.45, 7) is 3.20. The second-order valence-electron chi connectivity index (χ2n) is 5.59. The van der Waals surface area contributed by atoms with Gasteiger partial charge in [-0.3, -0.25) is 0 Å². The van der Waals surface area contributed by atoms with Crippen molar-refractivity contribution >= 4 is 31.0 Å². The summed E-state index contributed by atoms with van der Waals surface area (Å²) in [5.74, 6) is -2.05. The SMILES string of the molecule is CC1=CC(=S(=O)=O)C(c2c(S(C)(=O)=O)ccc(C(=O)O)c2C)C=C1. The Kier molecular flexibility index (Phi) is 4.82. The fraction of sp³-hybridized carbons (Fsp3) is 0.250. The van der Waals surface area contributed by atoms with Gasteiger partial charge in [-0.1, -0.05) is 17.7 Å². The summed E-state index contributed by atoms with van der Waals surface area (Å²) in [4.78, 5) is 11.3. The zero-order chi connectivity index (χ0) is 18.2. The van der Waals surface area contributed by atoms with Gasteiger partial charge in [-0.15, -0.1) is 0 Å². The minimum Gasteiger partial charge on any atom is -0.478 e. The van der Waals surface area contributed by atoms with E-state index in [-0.39, 0.29) is 26.5 Å². The molecule has 6 nitrogen and oxygen atoms in total. The summed E-state index contributed by atoms with van der Waals surface area (Å²) in [7, 11) is -6.24. The number of sulfone groups is 1. The van der Waals surface area contributed by atoms with Crippen molar-refractivity contribution in [2.24, 2.45) is 0 Å². The zero-order valence-corrected chi connectivity index (χ0v) is 14.9. The van der Waals surface area contributed by atoms with Gasteiger partial charge in [-0.05, 0) is 43.2 Å². The summed E-state index contributed by atoms with van der Waals surface area (Å²) >= 11 is 0. The Labute approximate surface area is 141 Å². The molecule has 0 bridgehead atoms. The molecule has 1 atom stereocenters. The van der Waals surface area contributed by atoms with E-state index in [1.807, 2.05) is 0 Å². The van der Waals surface area contributed by atoms with E-state index >= 15 is 0 Å². The van der Waals surface area contributed by atoms with Gasteiger partial charge in [-0.2, -0.15) is 8.42 Å². The fourth-order valence-corrected chi connectivity index (χ4v) is 4.42. The van der Waals surface area contributed by atoms with Gasteiger partial charge >= 0.3 is 5.97 Å². The molecule has 24 heavy (non-hydrogen) atoms. The Morgan fingerprint density at radius 3 is 2.33 bits per heavy atom. The average molecular weight is 368 g/mol. The highest BCUT2D eigenvalue weighted by molar-refractivity contribution is 7.90. The molecule has 1 aromatic rings. The molecule has 128 valence electrons. The highest BCUT2D eigenvalue weighted by Crippen LogP contribution is 2.34. The number of aromatic carboxylic acids is 1. The molecule has 2 rings (SSSR count). The van der Waals surface area contributed by atoms with Crippen molar-refractivity contribution in [2.75, 3.05) is 6.26 Å². The van der Waals surface area contributed by atoms with Gasteiger partial charge in [-0.25, -0.2) is 13.2 Å². The molecule has 0 heterocycles. The average Bonchev–Trinajstić information content (AvgIpc) is 2.45. The standard InChI is InChI=1S/C16H16O6S2/c1-9-4-5-12(13(8-9)23(19)20)15-10(2)11(16(17)18)6-7-14(15)24(3,21)22/h4-8,12H,1-3H3,(H,17,18). The summed E-state index contributed by atoms with van der Waals surface area (Å²) in [5, 5.41) is 9.29. The quantitative estimate of drug-likeness (QED) is 0.815.